The van der Waals surface area contributed by atoms with Gasteiger partial charge in [-0.2, -0.15) is 13.2 Å². The summed E-state index contributed by atoms with van der Waals surface area (Å²) in [7, 11) is 1.46. The summed E-state index contributed by atoms with van der Waals surface area (Å²) in [6.07, 6.45) is -4.59. The van der Waals surface area contributed by atoms with E-state index < -0.39 is 17.8 Å². The van der Waals surface area contributed by atoms with Crippen LogP contribution in [0.5, 0.6) is 0 Å². The zero-order chi connectivity index (χ0) is 14.6. The van der Waals surface area contributed by atoms with Crippen molar-refractivity contribution in [3.05, 3.63) is 28.0 Å². The molecule has 1 rings (SSSR count). The molecule has 106 valence electrons. The average Bonchev–Trinajstić information content (AvgIpc) is 2.27. The second kappa shape index (κ2) is 6.33. The molecule has 0 aliphatic heterocycles. The van der Waals surface area contributed by atoms with Crippen LogP contribution in [0, 0.1) is 0 Å². The molecule has 8 heteroatoms. The normalized spacial score (nSPS) is 13.2. The second-order valence-electron chi connectivity index (χ2n) is 3.85. The van der Waals surface area contributed by atoms with Crippen LogP contribution in [-0.4, -0.2) is 30.6 Å². The number of hydrogen-bond donors (Lipinski definition) is 1. The van der Waals surface area contributed by atoms with Crippen LogP contribution in [0.25, 0.3) is 0 Å². The first-order valence-electron chi connectivity index (χ1n) is 5.29. The van der Waals surface area contributed by atoms with Gasteiger partial charge in [0.2, 0.25) is 0 Å². The lowest BCUT2D eigenvalue weighted by Gasteiger charge is -2.14. The molecule has 1 amide bonds. The van der Waals surface area contributed by atoms with Gasteiger partial charge in [0.25, 0.3) is 5.91 Å². The van der Waals surface area contributed by atoms with Crippen LogP contribution in [0.4, 0.5) is 13.2 Å². The molecular formula is C11H12BrF3N2O2. The standard InChI is InChI=1S/C11H12BrF3N2O2/c1-6(5-19-2)16-10(18)9-7(12)3-4-8(17-9)11(13,14)15/h3-4,6H,5H2,1-2H3,(H,16,18). The molecule has 1 heterocycles. The lowest BCUT2D eigenvalue weighted by Crippen LogP contribution is -2.36. The molecule has 1 N–H and O–H groups in total. The van der Waals surface area contributed by atoms with E-state index in [1.165, 1.54) is 7.11 Å². The van der Waals surface area contributed by atoms with Gasteiger partial charge >= 0.3 is 6.18 Å². The monoisotopic (exact) mass is 340 g/mol. The number of alkyl halides is 3. The lowest BCUT2D eigenvalue weighted by atomic mass is 10.2. The molecule has 0 saturated carbocycles. The van der Waals surface area contributed by atoms with Crippen LogP contribution in [0.1, 0.15) is 23.1 Å². The predicted molar refractivity (Wildman–Crippen MR) is 65.7 cm³/mol. The number of nitrogens with one attached hydrogen (secondary N) is 1. The first-order valence-corrected chi connectivity index (χ1v) is 6.08. The van der Waals surface area contributed by atoms with E-state index in [0.717, 1.165) is 12.1 Å². The summed E-state index contributed by atoms with van der Waals surface area (Å²) in [5.41, 5.74) is -1.42. The molecule has 0 radical (unpaired) electrons. The Bertz CT molecular complexity index is 466. The summed E-state index contributed by atoms with van der Waals surface area (Å²) in [5.74, 6) is -0.692. The molecule has 0 fully saturated rings. The fraction of sp³-hybridized carbons (Fsp3) is 0.455. The SMILES string of the molecule is COCC(C)NC(=O)c1nc(C(F)(F)F)ccc1Br. The van der Waals surface area contributed by atoms with Crippen molar-refractivity contribution in [3.8, 4) is 0 Å². The van der Waals surface area contributed by atoms with E-state index in [1.54, 1.807) is 6.92 Å². The summed E-state index contributed by atoms with van der Waals surface area (Å²) in [6.45, 7) is 1.92. The smallest absolute Gasteiger partial charge is 0.383 e. The Morgan fingerprint density at radius 2 is 2.16 bits per heavy atom. The molecule has 0 saturated heterocycles. The number of halogens is 4. The van der Waals surface area contributed by atoms with Gasteiger partial charge in [-0.3, -0.25) is 4.79 Å². The third kappa shape index (κ3) is 4.46. The van der Waals surface area contributed by atoms with Crippen molar-refractivity contribution in [2.24, 2.45) is 0 Å². The largest absolute Gasteiger partial charge is 0.433 e. The third-order valence-corrected chi connectivity index (χ3v) is 2.79. The molecule has 0 bridgehead atoms. The molecule has 0 aliphatic carbocycles. The van der Waals surface area contributed by atoms with Gasteiger partial charge in [0.1, 0.15) is 11.4 Å². The number of hydrogen-bond acceptors (Lipinski definition) is 3. The predicted octanol–water partition coefficient (Wildman–Crippen LogP) is 2.63. The highest BCUT2D eigenvalue weighted by atomic mass is 79.9. The maximum atomic E-state index is 12.5. The zero-order valence-electron chi connectivity index (χ0n) is 10.2. The zero-order valence-corrected chi connectivity index (χ0v) is 11.8. The number of rotatable bonds is 4. The Kier molecular flexibility index (Phi) is 5.30. The number of carbonyl (C=O) groups excluding carboxylic acids is 1. The molecular weight excluding hydrogens is 329 g/mol. The van der Waals surface area contributed by atoms with Crippen molar-refractivity contribution >= 4 is 21.8 Å². The van der Waals surface area contributed by atoms with Gasteiger partial charge in [-0.25, -0.2) is 4.98 Å². The molecule has 1 aromatic rings. The van der Waals surface area contributed by atoms with Gasteiger partial charge in [0.15, 0.2) is 0 Å². The number of nitrogens with zero attached hydrogens (tertiary/aromatic N) is 1. The summed E-state index contributed by atoms with van der Waals surface area (Å²) in [4.78, 5) is 15.1. The fourth-order valence-electron chi connectivity index (χ4n) is 1.34. The van der Waals surface area contributed by atoms with Crippen molar-refractivity contribution < 1.29 is 22.7 Å². The van der Waals surface area contributed by atoms with Crippen LogP contribution in [0.15, 0.2) is 16.6 Å². The number of ether oxygens (including phenoxy) is 1. The summed E-state index contributed by atoms with van der Waals surface area (Å²) in [6, 6.07) is 1.62. The van der Waals surface area contributed by atoms with Gasteiger partial charge in [-0.05, 0) is 35.0 Å². The van der Waals surface area contributed by atoms with Crippen molar-refractivity contribution in [1.82, 2.24) is 10.3 Å². The average molecular weight is 341 g/mol. The number of methoxy groups -OCH3 is 1. The maximum Gasteiger partial charge on any atom is 0.433 e. The summed E-state index contributed by atoms with van der Waals surface area (Å²) < 4.78 is 42.6. The van der Waals surface area contributed by atoms with E-state index >= 15 is 0 Å². The Morgan fingerprint density at radius 3 is 2.68 bits per heavy atom. The first-order chi connectivity index (χ1) is 8.75. The third-order valence-electron chi connectivity index (χ3n) is 2.15. The van der Waals surface area contributed by atoms with Gasteiger partial charge in [0, 0.05) is 17.6 Å². The Labute approximate surface area is 116 Å². The Hall–Kier alpha value is -1.15. The quantitative estimate of drug-likeness (QED) is 0.916. The number of amides is 1. The van der Waals surface area contributed by atoms with Gasteiger partial charge in [0.05, 0.1) is 6.61 Å². The first kappa shape index (κ1) is 15.9. The van der Waals surface area contributed by atoms with Crippen LogP contribution in [0.3, 0.4) is 0 Å². The van der Waals surface area contributed by atoms with E-state index in [2.05, 4.69) is 26.2 Å². The molecule has 0 spiro atoms. The molecule has 1 atom stereocenters. The highest BCUT2D eigenvalue weighted by molar-refractivity contribution is 9.10. The van der Waals surface area contributed by atoms with Crippen LogP contribution in [-0.2, 0) is 10.9 Å². The van der Waals surface area contributed by atoms with Crippen LogP contribution in [0.2, 0.25) is 0 Å². The number of pyridine rings is 1. The van der Waals surface area contributed by atoms with Crippen molar-refractivity contribution in [3.63, 3.8) is 0 Å². The summed E-state index contributed by atoms with van der Waals surface area (Å²) >= 11 is 3.00. The van der Waals surface area contributed by atoms with E-state index in [4.69, 9.17) is 4.74 Å². The highest BCUT2D eigenvalue weighted by Crippen LogP contribution is 2.29. The van der Waals surface area contributed by atoms with Gasteiger partial charge < -0.3 is 10.1 Å². The second-order valence-corrected chi connectivity index (χ2v) is 4.71. The van der Waals surface area contributed by atoms with Crippen molar-refractivity contribution in [2.45, 2.75) is 19.1 Å². The van der Waals surface area contributed by atoms with Crippen LogP contribution >= 0.6 is 15.9 Å². The fourth-order valence-corrected chi connectivity index (χ4v) is 1.74. The minimum atomic E-state index is -4.59. The molecule has 4 nitrogen and oxygen atoms in total. The summed E-state index contributed by atoms with van der Waals surface area (Å²) in [5, 5.41) is 2.49. The molecule has 1 aromatic heterocycles. The molecule has 19 heavy (non-hydrogen) atoms. The maximum absolute atomic E-state index is 12.5. The Morgan fingerprint density at radius 1 is 1.53 bits per heavy atom. The minimum absolute atomic E-state index is 0.197. The number of carbonyl (C=O) groups is 1. The molecule has 0 aliphatic rings. The molecule has 0 aromatic carbocycles. The molecule has 1 unspecified atom stereocenters. The topological polar surface area (TPSA) is 51.2 Å². The van der Waals surface area contributed by atoms with Crippen molar-refractivity contribution in [1.29, 1.82) is 0 Å². The van der Waals surface area contributed by atoms with Gasteiger partial charge in [-0.15, -0.1) is 0 Å². The van der Waals surface area contributed by atoms with Gasteiger partial charge in [-0.1, -0.05) is 0 Å². The minimum Gasteiger partial charge on any atom is -0.383 e. The highest BCUT2D eigenvalue weighted by Gasteiger charge is 2.33. The van der Waals surface area contributed by atoms with Crippen molar-refractivity contribution in [2.75, 3.05) is 13.7 Å². The van der Waals surface area contributed by atoms with E-state index in [9.17, 15) is 18.0 Å². The lowest BCUT2D eigenvalue weighted by molar-refractivity contribution is -0.141. The van der Waals surface area contributed by atoms with E-state index in [-0.39, 0.29) is 22.8 Å². The number of aromatic nitrogens is 1. The van der Waals surface area contributed by atoms with Crippen LogP contribution < -0.4 is 5.32 Å². The van der Waals surface area contributed by atoms with E-state index in [0.29, 0.717) is 0 Å². The van der Waals surface area contributed by atoms with E-state index in [1.807, 2.05) is 0 Å². The Balaban J connectivity index is 2.96.